The molecule has 6 nitrogen and oxygen atoms in total. The normalized spacial score (nSPS) is 12.9. The summed E-state index contributed by atoms with van der Waals surface area (Å²) in [6.07, 6.45) is 77.1. The Bertz CT molecular complexity index is 1190. The van der Waals surface area contributed by atoms with E-state index in [4.69, 9.17) is 4.74 Å². The Morgan fingerprint density at radius 3 is 1.10 bits per heavy atom. The number of hydrogen-bond acceptors (Lipinski definition) is 5. The largest absolute Gasteiger partial charge is 0.466 e. The van der Waals surface area contributed by atoms with Gasteiger partial charge in [0, 0.05) is 12.8 Å². The number of esters is 1. The van der Waals surface area contributed by atoms with Crippen molar-refractivity contribution in [2.24, 2.45) is 0 Å². The van der Waals surface area contributed by atoms with Crippen LogP contribution >= 0.6 is 0 Å². The molecule has 0 aliphatic heterocycles. The third-order valence-corrected chi connectivity index (χ3v) is 14.3. The summed E-state index contributed by atoms with van der Waals surface area (Å²) in [6, 6.07) is -0.635. The van der Waals surface area contributed by atoms with Crippen molar-refractivity contribution >= 4 is 11.9 Å². The molecule has 0 aliphatic carbocycles. The fourth-order valence-electron chi connectivity index (χ4n) is 9.48. The summed E-state index contributed by atoms with van der Waals surface area (Å²) in [5, 5.41) is 23.1. The van der Waals surface area contributed by atoms with Gasteiger partial charge in [0.1, 0.15) is 0 Å². The molecule has 0 aromatic carbocycles. The Kier molecular flexibility index (Phi) is 58.5. The highest BCUT2D eigenvalue weighted by Crippen LogP contribution is 2.16. The first kappa shape index (κ1) is 68.8. The third kappa shape index (κ3) is 57.0. The molecule has 2 unspecified atom stereocenters. The molecule has 0 aromatic heterocycles. The van der Waals surface area contributed by atoms with Gasteiger partial charge in [-0.25, -0.2) is 0 Å². The van der Waals surface area contributed by atoms with Gasteiger partial charge in [-0.05, 0) is 89.9 Å². The van der Waals surface area contributed by atoms with E-state index in [0.29, 0.717) is 19.4 Å². The molecule has 71 heavy (non-hydrogen) atoms. The molecule has 0 fully saturated rings. The number of ether oxygens (including phenoxy) is 1. The van der Waals surface area contributed by atoms with Gasteiger partial charge >= 0.3 is 5.97 Å². The maximum Gasteiger partial charge on any atom is 0.305 e. The number of aliphatic hydroxyl groups is 2. The van der Waals surface area contributed by atoms with Crippen LogP contribution in [0.4, 0.5) is 0 Å². The van der Waals surface area contributed by atoms with E-state index in [2.05, 4.69) is 55.6 Å². The molecule has 6 heteroatoms. The average molecular weight is 997 g/mol. The molecule has 0 rings (SSSR count). The fraction of sp³-hybridized carbons (Fsp3) is 0.846. The molecule has 0 aliphatic rings. The quantitative estimate of drug-likeness (QED) is 0.0321. The van der Waals surface area contributed by atoms with Crippen LogP contribution in [0.25, 0.3) is 0 Å². The van der Waals surface area contributed by atoms with Gasteiger partial charge in [0.25, 0.3) is 0 Å². The maximum atomic E-state index is 12.5. The highest BCUT2D eigenvalue weighted by molar-refractivity contribution is 5.76. The average Bonchev–Trinajstić information content (AvgIpc) is 3.37. The van der Waals surface area contributed by atoms with Gasteiger partial charge < -0.3 is 20.3 Å². The Labute approximate surface area is 442 Å². The van der Waals surface area contributed by atoms with Crippen LogP contribution in [0.5, 0.6) is 0 Å². The zero-order valence-electron chi connectivity index (χ0n) is 47.5. The van der Waals surface area contributed by atoms with E-state index in [1.165, 1.54) is 244 Å². The third-order valence-electron chi connectivity index (χ3n) is 14.3. The first-order valence-electron chi connectivity index (χ1n) is 31.4. The van der Waals surface area contributed by atoms with Crippen LogP contribution < -0.4 is 5.32 Å². The van der Waals surface area contributed by atoms with E-state index < -0.39 is 12.1 Å². The zero-order chi connectivity index (χ0) is 51.4. The van der Waals surface area contributed by atoms with E-state index in [1.54, 1.807) is 6.08 Å². The molecule has 0 saturated heterocycles. The van der Waals surface area contributed by atoms with Gasteiger partial charge in [-0.1, -0.05) is 274 Å². The van der Waals surface area contributed by atoms with Crippen molar-refractivity contribution < 1.29 is 24.5 Å². The van der Waals surface area contributed by atoms with Crippen LogP contribution in [-0.4, -0.2) is 47.4 Å². The van der Waals surface area contributed by atoms with Crippen molar-refractivity contribution in [1.29, 1.82) is 0 Å². The smallest absolute Gasteiger partial charge is 0.305 e. The Balaban J connectivity index is 3.46. The number of allylic oxidation sites excluding steroid dienone is 7. The van der Waals surface area contributed by atoms with Crippen LogP contribution in [0.3, 0.4) is 0 Å². The number of unbranched alkanes of at least 4 members (excludes halogenated alkanes) is 41. The lowest BCUT2D eigenvalue weighted by molar-refractivity contribution is -0.143. The van der Waals surface area contributed by atoms with Crippen LogP contribution in [0.2, 0.25) is 0 Å². The second kappa shape index (κ2) is 60.4. The number of nitrogens with one attached hydrogen (secondary N) is 1. The van der Waals surface area contributed by atoms with Crippen molar-refractivity contribution in [1.82, 2.24) is 5.32 Å². The van der Waals surface area contributed by atoms with E-state index in [-0.39, 0.29) is 18.5 Å². The number of carbonyl (C=O) groups is 2. The fourth-order valence-corrected chi connectivity index (χ4v) is 9.48. The molecule has 0 radical (unpaired) electrons. The standard InChI is InChI=1S/C65H121NO5/c1-3-5-7-9-11-13-15-17-19-21-27-31-35-39-43-47-51-55-59-65(70)71-60-56-52-48-44-40-36-32-28-25-23-22-24-26-30-34-38-42-46-50-54-58-64(69)66-62(61-67)63(68)57-53-49-45-41-37-33-29-20-18-16-14-12-10-8-6-4-2/h13,15,19,21-22,24,53,57,62-63,67-68H,3-12,14,16-18,20,23,25-52,54-56,58-61H2,1-2H3,(H,66,69)/b15-13-,21-19-,24-22-,57-53+. The molecular weight excluding hydrogens is 875 g/mol. The molecular formula is C65H121NO5. The molecule has 416 valence electrons. The monoisotopic (exact) mass is 996 g/mol. The van der Waals surface area contributed by atoms with Crippen molar-refractivity contribution in [3.8, 4) is 0 Å². The molecule has 0 bridgehead atoms. The molecule has 0 spiro atoms. The number of hydrogen-bond donors (Lipinski definition) is 3. The summed E-state index contributed by atoms with van der Waals surface area (Å²) >= 11 is 0. The number of rotatable bonds is 58. The van der Waals surface area contributed by atoms with Gasteiger partial charge in [0.15, 0.2) is 0 Å². The van der Waals surface area contributed by atoms with E-state index in [1.807, 2.05) is 6.08 Å². The topological polar surface area (TPSA) is 95.9 Å². The minimum atomic E-state index is -0.851. The van der Waals surface area contributed by atoms with E-state index in [0.717, 1.165) is 57.8 Å². The van der Waals surface area contributed by atoms with Gasteiger partial charge in [-0.15, -0.1) is 0 Å². The second-order valence-corrected chi connectivity index (χ2v) is 21.4. The maximum absolute atomic E-state index is 12.5. The first-order chi connectivity index (χ1) is 35.0. The minimum Gasteiger partial charge on any atom is -0.466 e. The van der Waals surface area contributed by atoms with Crippen LogP contribution in [0.1, 0.15) is 328 Å². The van der Waals surface area contributed by atoms with Crippen molar-refractivity contribution in [3.05, 3.63) is 48.6 Å². The SMILES string of the molecule is CCCCCC/C=C\C/C=C\CCCCCCCCCC(=O)OCCCCCCCCCCC/C=C\CCCCCCCCCC(=O)NC(CO)C(O)/C=C/CCCCCCCCCCCCCCCC. The van der Waals surface area contributed by atoms with E-state index in [9.17, 15) is 19.8 Å². The molecule has 0 heterocycles. The number of amides is 1. The van der Waals surface area contributed by atoms with Crippen molar-refractivity contribution in [3.63, 3.8) is 0 Å². The summed E-state index contributed by atoms with van der Waals surface area (Å²) < 4.78 is 5.49. The van der Waals surface area contributed by atoms with Crippen LogP contribution in [-0.2, 0) is 14.3 Å². The van der Waals surface area contributed by atoms with Crippen molar-refractivity contribution in [2.75, 3.05) is 13.2 Å². The minimum absolute atomic E-state index is 0.00198. The molecule has 0 aromatic rings. The summed E-state index contributed by atoms with van der Waals surface area (Å²) in [5.41, 5.74) is 0. The molecule has 3 N–H and O–H groups in total. The molecule has 0 saturated carbocycles. The lowest BCUT2D eigenvalue weighted by Gasteiger charge is -2.20. The first-order valence-corrected chi connectivity index (χ1v) is 31.4. The summed E-state index contributed by atoms with van der Waals surface area (Å²) in [7, 11) is 0. The summed E-state index contributed by atoms with van der Waals surface area (Å²) in [6.45, 7) is 4.88. The lowest BCUT2D eigenvalue weighted by Crippen LogP contribution is -2.45. The van der Waals surface area contributed by atoms with Crippen molar-refractivity contribution in [2.45, 2.75) is 341 Å². The lowest BCUT2D eigenvalue weighted by atomic mass is 10.0. The molecule has 1 amide bonds. The summed E-state index contributed by atoms with van der Waals surface area (Å²) in [4.78, 5) is 24.6. The highest BCUT2D eigenvalue weighted by atomic mass is 16.5. The Hall–Kier alpha value is -2.18. The number of carbonyl (C=O) groups excluding carboxylic acids is 2. The highest BCUT2D eigenvalue weighted by Gasteiger charge is 2.18. The zero-order valence-corrected chi connectivity index (χ0v) is 47.5. The van der Waals surface area contributed by atoms with Crippen LogP contribution in [0.15, 0.2) is 48.6 Å². The predicted octanol–water partition coefficient (Wildman–Crippen LogP) is 19.7. The van der Waals surface area contributed by atoms with Crippen LogP contribution in [0, 0.1) is 0 Å². The van der Waals surface area contributed by atoms with Gasteiger partial charge in [0.05, 0.1) is 25.4 Å². The molecule has 2 atom stereocenters. The van der Waals surface area contributed by atoms with E-state index >= 15 is 0 Å². The second-order valence-electron chi connectivity index (χ2n) is 21.4. The predicted molar refractivity (Wildman–Crippen MR) is 310 cm³/mol. The van der Waals surface area contributed by atoms with Gasteiger partial charge in [-0.2, -0.15) is 0 Å². The summed E-state index contributed by atoms with van der Waals surface area (Å²) in [5.74, 6) is -0.0779. The Morgan fingerprint density at radius 1 is 0.394 bits per heavy atom. The number of aliphatic hydroxyl groups excluding tert-OH is 2. The Morgan fingerprint density at radius 2 is 0.704 bits per heavy atom. The van der Waals surface area contributed by atoms with Gasteiger partial charge in [-0.3, -0.25) is 9.59 Å². The van der Waals surface area contributed by atoms with Gasteiger partial charge in [0.2, 0.25) is 5.91 Å².